The monoisotopic (exact) mass is 289 g/mol. The van der Waals surface area contributed by atoms with Gasteiger partial charge in [-0.1, -0.05) is 0 Å². The maximum absolute atomic E-state index is 11.8. The van der Waals surface area contributed by atoms with Crippen molar-refractivity contribution in [1.29, 1.82) is 0 Å². The summed E-state index contributed by atoms with van der Waals surface area (Å²) in [5, 5.41) is 5.20. The number of hydrogen-bond donors (Lipinski definition) is 2. The van der Waals surface area contributed by atoms with Crippen molar-refractivity contribution < 1.29 is 19.2 Å². The van der Waals surface area contributed by atoms with E-state index in [1.165, 1.54) is 6.92 Å². The summed E-state index contributed by atoms with van der Waals surface area (Å²) in [5.41, 5.74) is 1.14. The number of likely N-dealkylation sites (tertiary alicyclic amines) is 1. The summed E-state index contributed by atoms with van der Waals surface area (Å²) in [4.78, 5) is 46.4. The molecule has 1 heterocycles. The van der Waals surface area contributed by atoms with Crippen LogP contribution >= 0.6 is 0 Å². The van der Waals surface area contributed by atoms with Crippen molar-refractivity contribution in [3.05, 3.63) is 24.3 Å². The molecule has 0 saturated carbocycles. The second-order valence-electron chi connectivity index (χ2n) is 4.68. The van der Waals surface area contributed by atoms with E-state index in [-0.39, 0.29) is 37.1 Å². The average molecular weight is 289 g/mol. The number of imide groups is 1. The van der Waals surface area contributed by atoms with Gasteiger partial charge in [0.15, 0.2) is 0 Å². The summed E-state index contributed by atoms with van der Waals surface area (Å²) in [6.07, 6.45) is 0.328. The van der Waals surface area contributed by atoms with Crippen LogP contribution in [0.2, 0.25) is 0 Å². The van der Waals surface area contributed by atoms with E-state index >= 15 is 0 Å². The van der Waals surface area contributed by atoms with Crippen molar-refractivity contribution in [1.82, 2.24) is 4.90 Å². The molecule has 2 N–H and O–H groups in total. The highest BCUT2D eigenvalue weighted by molar-refractivity contribution is 6.06. The maximum Gasteiger partial charge on any atom is 0.244 e. The Bertz CT molecular complexity index is 579. The molecule has 0 radical (unpaired) electrons. The van der Waals surface area contributed by atoms with Gasteiger partial charge in [0.25, 0.3) is 0 Å². The van der Waals surface area contributed by atoms with Gasteiger partial charge in [-0.05, 0) is 24.3 Å². The third kappa shape index (κ3) is 3.88. The molecule has 0 unspecified atom stereocenters. The quantitative estimate of drug-likeness (QED) is 0.799. The van der Waals surface area contributed by atoms with Gasteiger partial charge in [0.05, 0.1) is 0 Å². The number of carbonyl (C=O) groups excluding carboxylic acids is 4. The summed E-state index contributed by atoms with van der Waals surface area (Å²) in [6.45, 7) is 1.13. The zero-order chi connectivity index (χ0) is 15.4. The van der Waals surface area contributed by atoms with Gasteiger partial charge >= 0.3 is 0 Å². The summed E-state index contributed by atoms with van der Waals surface area (Å²) in [5.74, 6) is -1.27. The fourth-order valence-corrected chi connectivity index (χ4v) is 1.98. The lowest BCUT2D eigenvalue weighted by Crippen LogP contribution is -2.36. The van der Waals surface area contributed by atoms with Gasteiger partial charge in [-0.25, -0.2) is 0 Å². The number of rotatable bonds is 4. The van der Waals surface area contributed by atoms with Crippen molar-refractivity contribution in [3.63, 3.8) is 0 Å². The summed E-state index contributed by atoms with van der Waals surface area (Å²) in [6, 6.07) is 6.53. The smallest absolute Gasteiger partial charge is 0.244 e. The minimum absolute atomic E-state index is 0.164. The number of amides is 4. The molecular formula is C14H15N3O4. The molecule has 1 fully saturated rings. The van der Waals surface area contributed by atoms with Crippen LogP contribution in [0.15, 0.2) is 24.3 Å². The second-order valence-corrected chi connectivity index (χ2v) is 4.68. The van der Waals surface area contributed by atoms with Gasteiger partial charge in [0, 0.05) is 31.1 Å². The number of nitrogens with zero attached hydrogens (tertiary/aromatic N) is 1. The van der Waals surface area contributed by atoms with Crippen LogP contribution in [0.5, 0.6) is 0 Å². The van der Waals surface area contributed by atoms with Crippen LogP contribution in [0.4, 0.5) is 11.4 Å². The van der Waals surface area contributed by atoms with E-state index in [0.29, 0.717) is 11.4 Å². The first-order valence-electron chi connectivity index (χ1n) is 6.46. The van der Waals surface area contributed by atoms with Gasteiger partial charge in [0.1, 0.15) is 6.54 Å². The molecule has 1 aliphatic rings. The van der Waals surface area contributed by atoms with Crippen LogP contribution in [0.25, 0.3) is 0 Å². The Hall–Kier alpha value is -2.70. The molecule has 1 aliphatic heterocycles. The Labute approximate surface area is 121 Å². The summed E-state index contributed by atoms with van der Waals surface area (Å²) < 4.78 is 0. The van der Waals surface area contributed by atoms with E-state index in [4.69, 9.17) is 0 Å². The second kappa shape index (κ2) is 6.17. The van der Waals surface area contributed by atoms with E-state index in [2.05, 4.69) is 10.6 Å². The zero-order valence-electron chi connectivity index (χ0n) is 11.5. The highest BCUT2D eigenvalue weighted by Crippen LogP contribution is 2.15. The van der Waals surface area contributed by atoms with Crippen molar-refractivity contribution in [2.75, 3.05) is 17.2 Å². The molecule has 0 aromatic heterocycles. The molecule has 7 nitrogen and oxygen atoms in total. The topological polar surface area (TPSA) is 95.6 Å². The van der Waals surface area contributed by atoms with E-state index in [0.717, 1.165) is 4.90 Å². The molecular weight excluding hydrogens is 274 g/mol. The van der Waals surface area contributed by atoms with Crippen LogP contribution in [-0.2, 0) is 19.2 Å². The molecule has 1 aromatic rings. The summed E-state index contributed by atoms with van der Waals surface area (Å²) in [7, 11) is 0. The van der Waals surface area contributed by atoms with Crippen LogP contribution in [0, 0.1) is 0 Å². The molecule has 0 aliphatic carbocycles. The highest BCUT2D eigenvalue weighted by Gasteiger charge is 2.30. The number of nitrogens with one attached hydrogen (secondary N) is 2. The van der Waals surface area contributed by atoms with Gasteiger partial charge in [-0.3, -0.25) is 24.1 Å². The van der Waals surface area contributed by atoms with Crippen LogP contribution in [0.3, 0.4) is 0 Å². The lowest BCUT2D eigenvalue weighted by molar-refractivity contribution is -0.141. The number of anilines is 2. The molecule has 1 saturated heterocycles. The first-order valence-corrected chi connectivity index (χ1v) is 6.46. The van der Waals surface area contributed by atoms with E-state index in [9.17, 15) is 19.2 Å². The molecule has 21 heavy (non-hydrogen) atoms. The Kier molecular flexibility index (Phi) is 4.32. The first-order chi connectivity index (χ1) is 9.95. The zero-order valence-corrected chi connectivity index (χ0v) is 11.5. The van der Waals surface area contributed by atoms with Gasteiger partial charge < -0.3 is 10.6 Å². The van der Waals surface area contributed by atoms with Crippen LogP contribution in [0.1, 0.15) is 19.8 Å². The average Bonchev–Trinajstić information content (AvgIpc) is 2.72. The van der Waals surface area contributed by atoms with Gasteiger partial charge in [-0.15, -0.1) is 0 Å². The maximum atomic E-state index is 11.8. The highest BCUT2D eigenvalue weighted by atomic mass is 16.2. The largest absolute Gasteiger partial charge is 0.326 e. The van der Waals surface area contributed by atoms with Gasteiger partial charge in [-0.2, -0.15) is 0 Å². The normalized spacial score (nSPS) is 14.2. The molecule has 0 spiro atoms. The molecule has 7 heteroatoms. The molecule has 110 valence electrons. The third-order valence-electron chi connectivity index (χ3n) is 2.95. The van der Waals surface area contributed by atoms with Gasteiger partial charge in [0.2, 0.25) is 23.6 Å². The molecule has 1 aromatic carbocycles. The predicted molar refractivity (Wildman–Crippen MR) is 75.3 cm³/mol. The van der Waals surface area contributed by atoms with Crippen LogP contribution in [-0.4, -0.2) is 35.1 Å². The van der Waals surface area contributed by atoms with E-state index in [1.54, 1.807) is 24.3 Å². The Morgan fingerprint density at radius 1 is 1.00 bits per heavy atom. The van der Waals surface area contributed by atoms with E-state index < -0.39 is 5.91 Å². The predicted octanol–water partition coefficient (Wildman–Crippen LogP) is 0.732. The minimum Gasteiger partial charge on any atom is -0.326 e. The van der Waals surface area contributed by atoms with Crippen molar-refractivity contribution in [2.45, 2.75) is 19.8 Å². The Morgan fingerprint density at radius 2 is 1.48 bits per heavy atom. The molecule has 4 amide bonds. The Morgan fingerprint density at radius 3 is 1.95 bits per heavy atom. The van der Waals surface area contributed by atoms with E-state index in [1.807, 2.05) is 0 Å². The summed E-state index contributed by atoms with van der Waals surface area (Å²) >= 11 is 0. The van der Waals surface area contributed by atoms with Crippen molar-refractivity contribution in [2.24, 2.45) is 0 Å². The molecule has 2 rings (SSSR count). The molecule has 0 atom stereocenters. The van der Waals surface area contributed by atoms with Crippen molar-refractivity contribution in [3.8, 4) is 0 Å². The number of hydrogen-bond acceptors (Lipinski definition) is 4. The van der Waals surface area contributed by atoms with Crippen LogP contribution < -0.4 is 10.6 Å². The lowest BCUT2D eigenvalue weighted by atomic mass is 10.2. The Balaban J connectivity index is 1.92. The fraction of sp³-hybridized carbons (Fsp3) is 0.286. The SMILES string of the molecule is CC(=O)Nc1ccc(NC(=O)CN2C(=O)CCC2=O)cc1. The fourth-order valence-electron chi connectivity index (χ4n) is 1.98. The standard InChI is InChI=1S/C14H15N3O4/c1-9(18)15-10-2-4-11(5-3-10)16-12(19)8-17-13(20)6-7-14(17)21/h2-5H,6-8H2,1H3,(H,15,18)(H,16,19). The first kappa shape index (κ1) is 14.7. The third-order valence-corrected chi connectivity index (χ3v) is 2.95. The minimum atomic E-state index is -0.439. The van der Waals surface area contributed by atoms with Crippen molar-refractivity contribution >= 4 is 35.0 Å². The lowest BCUT2D eigenvalue weighted by Gasteiger charge is -2.13. The number of carbonyl (C=O) groups is 4. The number of benzene rings is 1. The molecule has 0 bridgehead atoms.